The Bertz CT molecular complexity index is 695. The van der Waals surface area contributed by atoms with Crippen LogP contribution in [0, 0.1) is 11.8 Å². The van der Waals surface area contributed by atoms with Gasteiger partial charge in [-0.1, -0.05) is 57.0 Å². The van der Waals surface area contributed by atoms with Crippen molar-refractivity contribution < 1.29 is 23.1 Å². The van der Waals surface area contributed by atoms with Crippen LogP contribution < -0.4 is 5.32 Å². The number of nitrogens with zero attached hydrogens (tertiary/aromatic N) is 1. The minimum absolute atomic E-state index is 0.105. The van der Waals surface area contributed by atoms with Crippen LogP contribution in [0.3, 0.4) is 0 Å². The molecule has 1 aromatic rings. The molecule has 0 aromatic heterocycles. The van der Waals surface area contributed by atoms with Crippen LogP contribution in [-0.2, 0) is 10.4 Å². The van der Waals surface area contributed by atoms with Crippen molar-refractivity contribution in [3.8, 4) is 0 Å². The third-order valence-corrected chi connectivity index (χ3v) is 6.49. The first-order valence-corrected chi connectivity index (χ1v) is 10.5. The minimum atomic E-state index is -4.36. The molecule has 3 rings (SSSR count). The number of likely N-dealkylation sites (tertiary alicyclic amines) is 1. The molecule has 1 saturated carbocycles. The average molecular weight is 412 g/mol. The van der Waals surface area contributed by atoms with Crippen molar-refractivity contribution in [3.05, 3.63) is 35.9 Å². The van der Waals surface area contributed by atoms with E-state index in [1.54, 1.807) is 18.7 Å². The Morgan fingerprint density at radius 3 is 2.52 bits per heavy atom. The Balaban J connectivity index is 1.83. The molecule has 1 unspecified atom stereocenters. The lowest BCUT2D eigenvalue weighted by Crippen LogP contribution is -2.62. The molecular formula is C22H31F3N2O2. The maximum atomic E-state index is 13.3. The summed E-state index contributed by atoms with van der Waals surface area (Å²) in [6, 6.07) is 8.52. The van der Waals surface area contributed by atoms with Crippen LogP contribution in [0.4, 0.5) is 13.2 Å². The quantitative estimate of drug-likeness (QED) is 0.773. The Morgan fingerprint density at radius 2 is 1.90 bits per heavy atom. The number of rotatable bonds is 5. The summed E-state index contributed by atoms with van der Waals surface area (Å²) < 4.78 is 38.2. The summed E-state index contributed by atoms with van der Waals surface area (Å²) in [4.78, 5) is 15.0. The van der Waals surface area contributed by atoms with Gasteiger partial charge in [-0.15, -0.1) is 0 Å². The number of carbonyl (C=O) groups is 1. The van der Waals surface area contributed by atoms with Gasteiger partial charge in [0.25, 0.3) is 0 Å². The Morgan fingerprint density at radius 1 is 1.24 bits per heavy atom. The summed E-state index contributed by atoms with van der Waals surface area (Å²) in [5, 5.41) is 14.0. The number of aliphatic hydroxyl groups is 1. The van der Waals surface area contributed by atoms with Crippen molar-refractivity contribution in [2.75, 3.05) is 13.1 Å². The van der Waals surface area contributed by atoms with Crippen molar-refractivity contribution in [2.45, 2.75) is 69.8 Å². The van der Waals surface area contributed by atoms with Crippen LogP contribution in [0.2, 0.25) is 0 Å². The summed E-state index contributed by atoms with van der Waals surface area (Å²) >= 11 is 0. The monoisotopic (exact) mass is 412 g/mol. The molecule has 162 valence electrons. The van der Waals surface area contributed by atoms with Gasteiger partial charge in [0.1, 0.15) is 0 Å². The minimum Gasteiger partial charge on any atom is -0.385 e. The zero-order chi connectivity index (χ0) is 21.2. The first-order chi connectivity index (χ1) is 13.6. The largest absolute Gasteiger partial charge is 0.401 e. The molecule has 2 aliphatic rings. The summed E-state index contributed by atoms with van der Waals surface area (Å²) in [5.74, 6) is -0.648. The van der Waals surface area contributed by atoms with Gasteiger partial charge in [-0.3, -0.25) is 10.1 Å². The molecule has 0 spiro atoms. The second-order valence-corrected chi connectivity index (χ2v) is 8.75. The highest BCUT2D eigenvalue weighted by Gasteiger charge is 2.51. The molecule has 29 heavy (non-hydrogen) atoms. The fourth-order valence-corrected chi connectivity index (χ4v) is 5.05. The second kappa shape index (κ2) is 8.64. The zero-order valence-electron chi connectivity index (χ0n) is 17.1. The van der Waals surface area contributed by atoms with Crippen molar-refractivity contribution in [1.82, 2.24) is 10.2 Å². The first-order valence-electron chi connectivity index (χ1n) is 10.5. The second-order valence-electron chi connectivity index (χ2n) is 8.75. The van der Waals surface area contributed by atoms with E-state index < -0.39 is 24.4 Å². The van der Waals surface area contributed by atoms with E-state index in [9.17, 15) is 23.1 Å². The smallest absolute Gasteiger partial charge is 0.385 e. The number of nitrogens with one attached hydrogen (secondary N) is 1. The van der Waals surface area contributed by atoms with E-state index in [1.165, 1.54) is 0 Å². The Labute approximate surface area is 170 Å². The maximum Gasteiger partial charge on any atom is 0.401 e. The van der Waals surface area contributed by atoms with E-state index in [2.05, 4.69) is 5.32 Å². The van der Waals surface area contributed by atoms with E-state index in [4.69, 9.17) is 0 Å². The number of hydrogen-bond donors (Lipinski definition) is 2. The highest BCUT2D eigenvalue weighted by Crippen LogP contribution is 2.47. The number of alkyl halides is 3. The van der Waals surface area contributed by atoms with Crippen LogP contribution in [0.25, 0.3) is 0 Å². The molecule has 0 bridgehead atoms. The summed E-state index contributed by atoms with van der Waals surface area (Å²) in [5.41, 5.74) is -0.143. The highest BCUT2D eigenvalue weighted by molar-refractivity contribution is 5.82. The number of hydrogen-bond acceptors (Lipinski definition) is 3. The predicted octanol–water partition coefficient (Wildman–Crippen LogP) is 3.84. The first kappa shape index (κ1) is 22.1. The summed E-state index contributed by atoms with van der Waals surface area (Å²) in [6.45, 7) is 2.68. The molecule has 1 amide bonds. The molecule has 1 aliphatic heterocycles. The van der Waals surface area contributed by atoms with Gasteiger partial charge < -0.3 is 10.0 Å². The predicted molar refractivity (Wildman–Crippen MR) is 105 cm³/mol. The average Bonchev–Trinajstić information content (AvgIpc) is 2.68. The summed E-state index contributed by atoms with van der Waals surface area (Å²) in [7, 11) is 0. The molecule has 1 saturated heterocycles. The van der Waals surface area contributed by atoms with Crippen molar-refractivity contribution in [3.63, 3.8) is 0 Å². The number of halogens is 3. The molecule has 1 aromatic carbocycles. The molecule has 4 atom stereocenters. The van der Waals surface area contributed by atoms with E-state index in [1.807, 2.05) is 30.3 Å². The van der Waals surface area contributed by atoms with Gasteiger partial charge >= 0.3 is 6.18 Å². The van der Waals surface area contributed by atoms with E-state index in [0.29, 0.717) is 13.0 Å². The molecule has 0 radical (unpaired) electrons. The van der Waals surface area contributed by atoms with Crippen molar-refractivity contribution in [2.24, 2.45) is 11.8 Å². The normalized spacial score (nSPS) is 28.9. The lowest BCUT2D eigenvalue weighted by Gasteiger charge is -2.53. The highest BCUT2D eigenvalue weighted by atomic mass is 19.4. The van der Waals surface area contributed by atoms with Gasteiger partial charge in [0.2, 0.25) is 5.91 Å². The topological polar surface area (TPSA) is 52.6 Å². The number of piperidine rings is 1. The SMILES string of the molecule is CC(C)[C@H](NCC(F)(F)F)C(=O)N1CCC(O)(c2ccccc2)[C@H]2CCCC[C@H]21. The van der Waals surface area contributed by atoms with Gasteiger partial charge in [0.15, 0.2) is 0 Å². The fraction of sp³-hybridized carbons (Fsp3) is 0.682. The lowest BCUT2D eigenvalue weighted by atomic mass is 9.66. The van der Waals surface area contributed by atoms with Crippen LogP contribution in [-0.4, -0.2) is 47.3 Å². The number of fused-ring (bicyclic) bond motifs is 1. The molecule has 7 heteroatoms. The maximum absolute atomic E-state index is 13.3. The molecule has 1 aliphatic carbocycles. The Kier molecular flexibility index (Phi) is 6.58. The molecule has 4 nitrogen and oxygen atoms in total. The van der Waals surface area contributed by atoms with Crippen LogP contribution in [0.15, 0.2) is 30.3 Å². The number of benzene rings is 1. The molecule has 1 heterocycles. The zero-order valence-corrected chi connectivity index (χ0v) is 17.1. The summed E-state index contributed by atoms with van der Waals surface area (Å²) in [6.07, 6.45) is -0.446. The lowest BCUT2D eigenvalue weighted by molar-refractivity contribution is -0.159. The third-order valence-electron chi connectivity index (χ3n) is 6.49. The molecule has 2 fully saturated rings. The molecule has 2 N–H and O–H groups in total. The van der Waals surface area contributed by atoms with Crippen molar-refractivity contribution >= 4 is 5.91 Å². The standard InChI is InChI=1S/C22H31F3N2O2/c1-15(2)19(26-14-22(23,24)25)20(28)27-13-12-21(29,16-8-4-3-5-9-16)17-10-6-7-11-18(17)27/h3-5,8-9,15,17-19,26,29H,6-7,10-14H2,1-2H3/t17-,18+,19-,21?/m0/s1. The Hall–Kier alpha value is -1.60. The van der Waals surface area contributed by atoms with Gasteiger partial charge in [0.05, 0.1) is 18.2 Å². The number of carbonyl (C=O) groups excluding carboxylic acids is 1. The fourth-order valence-electron chi connectivity index (χ4n) is 5.05. The van der Waals surface area contributed by atoms with Crippen LogP contribution in [0.5, 0.6) is 0 Å². The van der Waals surface area contributed by atoms with E-state index in [-0.39, 0.29) is 23.8 Å². The van der Waals surface area contributed by atoms with Gasteiger partial charge in [-0.05, 0) is 30.7 Å². The van der Waals surface area contributed by atoms with Gasteiger partial charge in [0, 0.05) is 18.5 Å². The van der Waals surface area contributed by atoms with Crippen LogP contribution >= 0.6 is 0 Å². The van der Waals surface area contributed by atoms with E-state index in [0.717, 1.165) is 31.2 Å². The van der Waals surface area contributed by atoms with Gasteiger partial charge in [-0.2, -0.15) is 13.2 Å². The third kappa shape index (κ3) is 4.77. The van der Waals surface area contributed by atoms with Gasteiger partial charge in [-0.25, -0.2) is 0 Å². The molecular weight excluding hydrogens is 381 g/mol. The van der Waals surface area contributed by atoms with Crippen LogP contribution in [0.1, 0.15) is 51.5 Å². The number of amides is 1. The van der Waals surface area contributed by atoms with Crippen molar-refractivity contribution in [1.29, 1.82) is 0 Å². The van der Waals surface area contributed by atoms with E-state index >= 15 is 0 Å².